The van der Waals surface area contributed by atoms with Crippen molar-refractivity contribution in [3.8, 4) is 22.3 Å². The van der Waals surface area contributed by atoms with Crippen molar-refractivity contribution in [2.24, 2.45) is 0 Å². The minimum absolute atomic E-state index is 0.0120. The first-order chi connectivity index (χ1) is 34.4. The molecule has 3 nitrogen and oxygen atoms in total. The van der Waals surface area contributed by atoms with E-state index in [0.29, 0.717) is 0 Å². The van der Waals surface area contributed by atoms with Gasteiger partial charge in [-0.15, -0.1) is 0 Å². The molecule has 4 unspecified atom stereocenters. The molecular weight excluding hydrogens is 858 g/mol. The number of para-hydroxylation sites is 1. The highest BCUT2D eigenvalue weighted by atomic mass is 15.3. The molecule has 0 N–H and O–H groups in total. The van der Waals surface area contributed by atoms with E-state index in [4.69, 9.17) is 0 Å². The molecule has 4 aliphatic heterocycles. The normalized spacial score (nSPS) is 24.4. The van der Waals surface area contributed by atoms with Crippen molar-refractivity contribution in [3.63, 3.8) is 0 Å². The van der Waals surface area contributed by atoms with Gasteiger partial charge in [0.05, 0.1) is 11.1 Å². The summed E-state index contributed by atoms with van der Waals surface area (Å²) in [6.07, 6.45) is 9.52. The predicted molar refractivity (Wildman–Crippen MR) is 301 cm³/mol. The van der Waals surface area contributed by atoms with Gasteiger partial charge in [-0.05, 0) is 142 Å². The molecule has 4 atom stereocenters. The summed E-state index contributed by atoms with van der Waals surface area (Å²) in [5.74, 6) is 0. The second-order valence-corrected chi connectivity index (χ2v) is 23.7. The summed E-state index contributed by atoms with van der Waals surface area (Å²) in [6.45, 7) is 15.1. The highest BCUT2D eigenvalue weighted by molar-refractivity contribution is 7.00. The van der Waals surface area contributed by atoms with Gasteiger partial charge in [0.25, 0.3) is 6.71 Å². The Morgan fingerprint density at radius 3 is 1.80 bits per heavy atom. The maximum Gasteiger partial charge on any atom is 0.252 e. The fraction of sp³-hybridized carbons (Fsp3) is 0.284. The van der Waals surface area contributed by atoms with E-state index >= 15 is 0 Å². The van der Waals surface area contributed by atoms with Crippen molar-refractivity contribution in [1.29, 1.82) is 0 Å². The first-order valence-corrected chi connectivity index (χ1v) is 26.7. The Morgan fingerprint density at radius 2 is 1.07 bits per heavy atom. The van der Waals surface area contributed by atoms with E-state index < -0.39 is 0 Å². The van der Waals surface area contributed by atoms with Gasteiger partial charge in [0.15, 0.2) is 0 Å². The first-order valence-electron chi connectivity index (χ1n) is 26.7. The molecule has 4 heterocycles. The SMILES string of the molecule is CC(C)(C)c1ccc2c(c1)C1(c3ccccc3)CCCCC1(C)N2c1cc2c3c(c1)N1c4c(cccc4C4(C)CCCCC14C)B3c1ccc(-c3ccccc3)cc1N2c1cccc(-c2ccccc2)c1. The van der Waals surface area contributed by atoms with Gasteiger partial charge >= 0.3 is 0 Å². The molecule has 350 valence electrons. The van der Waals surface area contributed by atoms with Gasteiger partial charge in [-0.3, -0.25) is 0 Å². The van der Waals surface area contributed by atoms with Crippen LogP contribution in [0.3, 0.4) is 0 Å². The van der Waals surface area contributed by atoms with Crippen LogP contribution in [-0.4, -0.2) is 17.8 Å². The second-order valence-electron chi connectivity index (χ2n) is 23.7. The van der Waals surface area contributed by atoms with Crippen molar-refractivity contribution < 1.29 is 0 Å². The van der Waals surface area contributed by atoms with Gasteiger partial charge in [-0.2, -0.15) is 0 Å². The predicted octanol–water partition coefficient (Wildman–Crippen LogP) is 15.4. The minimum atomic E-state index is -0.233. The van der Waals surface area contributed by atoms with E-state index in [2.05, 4.69) is 238 Å². The summed E-state index contributed by atoms with van der Waals surface area (Å²) in [6, 6.07) is 70.7. The number of rotatable bonds is 5. The van der Waals surface area contributed by atoms with Crippen molar-refractivity contribution in [1.82, 2.24) is 0 Å². The topological polar surface area (TPSA) is 9.72 Å². The van der Waals surface area contributed by atoms with E-state index in [1.165, 1.54) is 127 Å². The third-order valence-electron chi connectivity index (χ3n) is 19.2. The quantitative estimate of drug-likeness (QED) is 0.159. The fourth-order valence-corrected chi connectivity index (χ4v) is 15.6. The lowest BCUT2D eigenvalue weighted by molar-refractivity contribution is 0.195. The van der Waals surface area contributed by atoms with Crippen molar-refractivity contribution in [2.75, 3.05) is 14.7 Å². The van der Waals surface area contributed by atoms with E-state index in [0.717, 1.165) is 19.3 Å². The second kappa shape index (κ2) is 15.1. The van der Waals surface area contributed by atoms with Gasteiger partial charge in [-0.25, -0.2) is 0 Å². The molecule has 8 aromatic carbocycles. The Balaban J connectivity index is 1.10. The molecule has 0 bridgehead atoms. The van der Waals surface area contributed by atoms with E-state index in [1.54, 1.807) is 5.56 Å². The standard InChI is InChI=1S/C67H64BN3/c1-63(2,3)50-33-35-57-54(42-50)67(49-27-14-9-15-28-49)39-19-18-38-66(67,6)70(57)52-43-59-61-60(44-52)71-62-53(64(4)36-16-17-37-65(64,71)5)30-21-31-56(62)68(61)55-34-32-48(46-24-12-8-13-25-46)41-58(55)69(59)51-29-20-26-47(40-51)45-22-10-7-11-23-45/h7-15,20-35,40-44H,16-19,36-39H2,1-6H3. The van der Waals surface area contributed by atoms with Crippen LogP contribution in [0.2, 0.25) is 0 Å². The van der Waals surface area contributed by atoms with Crippen LogP contribution >= 0.6 is 0 Å². The molecule has 4 heteroatoms. The van der Waals surface area contributed by atoms with Crippen LogP contribution in [-0.2, 0) is 16.2 Å². The van der Waals surface area contributed by atoms with Crippen LogP contribution in [0, 0.1) is 0 Å². The lowest BCUT2D eigenvalue weighted by Gasteiger charge is -2.54. The summed E-state index contributed by atoms with van der Waals surface area (Å²) >= 11 is 0. The molecule has 2 aliphatic carbocycles. The molecule has 8 aromatic rings. The lowest BCUT2D eigenvalue weighted by atomic mass is 9.33. The minimum Gasteiger partial charge on any atom is -0.335 e. The van der Waals surface area contributed by atoms with Gasteiger partial charge in [0.1, 0.15) is 0 Å². The summed E-state index contributed by atoms with van der Waals surface area (Å²) < 4.78 is 0. The van der Waals surface area contributed by atoms with Gasteiger partial charge in [-0.1, -0.05) is 199 Å². The Labute approximate surface area is 422 Å². The first kappa shape index (κ1) is 43.0. The Morgan fingerprint density at radius 1 is 0.437 bits per heavy atom. The highest BCUT2D eigenvalue weighted by Gasteiger charge is 2.64. The summed E-state index contributed by atoms with van der Waals surface area (Å²) in [7, 11) is 0. The Hall–Kier alpha value is -6.78. The average molecular weight is 922 g/mol. The van der Waals surface area contributed by atoms with Crippen LogP contribution in [0.1, 0.15) is 115 Å². The highest BCUT2D eigenvalue weighted by Crippen LogP contribution is 2.66. The monoisotopic (exact) mass is 922 g/mol. The zero-order valence-electron chi connectivity index (χ0n) is 42.4. The molecule has 2 fully saturated rings. The number of nitrogens with zero attached hydrogens (tertiary/aromatic N) is 3. The maximum atomic E-state index is 2.92. The zero-order chi connectivity index (χ0) is 48.1. The maximum absolute atomic E-state index is 2.92. The summed E-state index contributed by atoms with van der Waals surface area (Å²) in [5, 5.41) is 0. The number of anilines is 7. The molecule has 0 spiro atoms. The fourth-order valence-electron chi connectivity index (χ4n) is 15.6. The Kier molecular flexibility index (Phi) is 9.17. The molecule has 0 amide bonds. The number of hydrogen-bond acceptors (Lipinski definition) is 3. The number of hydrogen-bond donors (Lipinski definition) is 0. The van der Waals surface area contributed by atoms with Gasteiger partial charge in [0, 0.05) is 50.6 Å². The third-order valence-corrected chi connectivity index (χ3v) is 19.2. The molecule has 14 rings (SSSR count). The molecule has 0 aromatic heterocycles. The Bertz CT molecular complexity index is 3450. The molecule has 71 heavy (non-hydrogen) atoms. The van der Waals surface area contributed by atoms with Crippen molar-refractivity contribution >= 4 is 62.9 Å². The van der Waals surface area contributed by atoms with E-state index in [-0.39, 0.29) is 34.0 Å². The molecular formula is C67H64BN3. The van der Waals surface area contributed by atoms with Crippen LogP contribution in [0.15, 0.2) is 182 Å². The van der Waals surface area contributed by atoms with E-state index in [1.807, 2.05) is 0 Å². The number of benzene rings is 8. The van der Waals surface area contributed by atoms with Crippen LogP contribution in [0.5, 0.6) is 0 Å². The smallest absolute Gasteiger partial charge is 0.252 e. The average Bonchev–Trinajstić information content (AvgIpc) is 3.77. The summed E-state index contributed by atoms with van der Waals surface area (Å²) in [4.78, 5) is 8.47. The third kappa shape index (κ3) is 5.74. The molecule has 6 aliphatic rings. The van der Waals surface area contributed by atoms with Gasteiger partial charge in [0.2, 0.25) is 0 Å². The van der Waals surface area contributed by atoms with Gasteiger partial charge < -0.3 is 14.7 Å². The summed E-state index contributed by atoms with van der Waals surface area (Å²) in [5.41, 5.74) is 23.8. The van der Waals surface area contributed by atoms with E-state index in [9.17, 15) is 0 Å². The van der Waals surface area contributed by atoms with Crippen LogP contribution in [0.25, 0.3) is 22.3 Å². The molecule has 0 radical (unpaired) electrons. The molecule has 0 saturated heterocycles. The van der Waals surface area contributed by atoms with Crippen molar-refractivity contribution in [3.05, 3.63) is 204 Å². The van der Waals surface area contributed by atoms with Crippen molar-refractivity contribution in [2.45, 2.75) is 120 Å². The van der Waals surface area contributed by atoms with Crippen LogP contribution in [0.4, 0.5) is 39.8 Å². The molecule has 2 saturated carbocycles. The largest absolute Gasteiger partial charge is 0.335 e. The van der Waals surface area contributed by atoms with Crippen LogP contribution < -0.4 is 31.1 Å². The lowest BCUT2D eigenvalue weighted by Crippen LogP contribution is -2.64. The zero-order valence-corrected chi connectivity index (χ0v) is 42.4. The number of fused-ring (bicyclic) bond motifs is 10.